The molecule has 1 aliphatic rings. The first-order chi connectivity index (χ1) is 4.30. The maximum Gasteiger partial charge on any atom is 0.203 e. The quantitative estimate of drug-likeness (QED) is 0.533. The molecule has 0 atom stereocenters. The summed E-state index contributed by atoms with van der Waals surface area (Å²) in [7, 11) is -2.29. The van der Waals surface area contributed by atoms with E-state index >= 15 is 0 Å². The van der Waals surface area contributed by atoms with E-state index in [1.165, 1.54) is 10.7 Å². The monoisotopic (exact) mass is 149 g/mol. The molecule has 0 aliphatic carbocycles. The van der Waals surface area contributed by atoms with Crippen LogP contribution in [0.1, 0.15) is 19.3 Å². The second kappa shape index (κ2) is 3.17. The second-order valence-corrected chi connectivity index (χ2v) is 3.29. The van der Waals surface area contributed by atoms with E-state index in [0.717, 1.165) is 25.9 Å². The summed E-state index contributed by atoms with van der Waals surface area (Å²) in [6, 6.07) is 0. The van der Waals surface area contributed by atoms with Gasteiger partial charge in [-0.25, -0.2) is 12.7 Å². The minimum atomic E-state index is -2.29. The van der Waals surface area contributed by atoms with Gasteiger partial charge in [-0.15, -0.1) is 0 Å². The molecule has 0 unspecified atom stereocenters. The Hall–Kier alpha value is -0.0900. The zero-order chi connectivity index (χ0) is 6.69. The predicted octanol–water partition coefficient (Wildman–Crippen LogP) is -0.00130. The van der Waals surface area contributed by atoms with Gasteiger partial charge in [-0.2, -0.15) is 0 Å². The lowest BCUT2D eigenvalue weighted by atomic mass is 10.2. The number of hydrogen-bond donors (Lipinski definition) is 1. The Balaban J connectivity index is 2.40. The van der Waals surface area contributed by atoms with Gasteiger partial charge in [0.15, 0.2) is 0 Å². The lowest BCUT2D eigenvalue weighted by molar-refractivity contribution is 0.356. The maximum atomic E-state index is 10.3. The minimum absolute atomic E-state index is 0.735. The fraction of sp³-hybridized carbons (Fsp3) is 1.00. The van der Waals surface area contributed by atoms with Crippen molar-refractivity contribution in [3.8, 4) is 0 Å². The first-order valence-corrected chi connectivity index (χ1v) is 4.33. The Bertz CT molecular complexity index is 141. The highest BCUT2D eigenvalue weighted by molar-refractivity contribution is 7.69. The third kappa shape index (κ3) is 1.95. The minimum Gasteiger partial charge on any atom is -0.215 e. The van der Waals surface area contributed by atoms with Gasteiger partial charge < -0.3 is 0 Å². The van der Waals surface area contributed by atoms with Crippen LogP contribution in [0.2, 0.25) is 0 Å². The van der Waals surface area contributed by atoms with Crippen molar-refractivity contribution in [1.82, 2.24) is 4.31 Å². The van der Waals surface area contributed by atoms with Crippen LogP contribution in [-0.2, 0) is 10.9 Å². The second-order valence-electron chi connectivity index (χ2n) is 2.25. The molecule has 1 fully saturated rings. The van der Waals surface area contributed by atoms with Crippen molar-refractivity contribution in [3.63, 3.8) is 0 Å². The van der Waals surface area contributed by atoms with E-state index in [9.17, 15) is 8.42 Å². The van der Waals surface area contributed by atoms with Crippen LogP contribution in [0.4, 0.5) is 0 Å². The topological polar surface area (TPSA) is 37.4 Å². The molecule has 0 N–H and O–H groups in total. The highest BCUT2D eigenvalue weighted by Crippen LogP contribution is 2.07. The zero-order valence-corrected chi connectivity index (χ0v) is 6.14. The van der Waals surface area contributed by atoms with E-state index in [1.807, 2.05) is 0 Å². The highest BCUT2D eigenvalue weighted by Gasteiger charge is 2.10. The van der Waals surface area contributed by atoms with E-state index in [2.05, 4.69) is 0 Å². The van der Waals surface area contributed by atoms with Crippen molar-refractivity contribution in [3.05, 3.63) is 0 Å². The van der Waals surface area contributed by atoms with Gasteiger partial charge in [-0.3, -0.25) is 0 Å². The van der Waals surface area contributed by atoms with Crippen LogP contribution in [0, 0.1) is 0 Å². The highest BCUT2D eigenvalue weighted by atomic mass is 32.2. The molecule has 0 amide bonds. The summed E-state index contributed by atoms with van der Waals surface area (Å²) in [5.74, 6) is 0. The molecule has 1 aliphatic heterocycles. The van der Waals surface area contributed by atoms with Crippen molar-refractivity contribution in [2.45, 2.75) is 19.3 Å². The Kier molecular flexibility index (Phi) is 2.48. The van der Waals surface area contributed by atoms with E-state index in [0.29, 0.717) is 0 Å². The molecular weight excluding hydrogens is 138 g/mol. The largest absolute Gasteiger partial charge is 0.215 e. The van der Waals surface area contributed by atoms with E-state index < -0.39 is 10.9 Å². The Morgan fingerprint density at radius 2 is 1.56 bits per heavy atom. The van der Waals surface area contributed by atoms with Gasteiger partial charge in [0.2, 0.25) is 10.9 Å². The molecule has 0 aromatic rings. The SMILES string of the molecule is O=[SH](=O)N1CCCCC1. The summed E-state index contributed by atoms with van der Waals surface area (Å²) in [5.41, 5.74) is 0. The van der Waals surface area contributed by atoms with Crippen molar-refractivity contribution >= 4 is 10.9 Å². The van der Waals surface area contributed by atoms with Crippen LogP contribution in [0.25, 0.3) is 0 Å². The molecule has 0 aromatic carbocycles. The van der Waals surface area contributed by atoms with Crippen LogP contribution in [0.5, 0.6) is 0 Å². The standard InChI is InChI=1S/C5H11NO2S/c7-9(8)6-4-2-1-3-5-6/h9H,1-5H2. The molecule has 1 rings (SSSR count). The first kappa shape index (κ1) is 7.02. The molecule has 1 saturated heterocycles. The number of nitrogens with zero attached hydrogens (tertiary/aromatic N) is 1. The van der Waals surface area contributed by atoms with Crippen LogP contribution >= 0.6 is 0 Å². The average Bonchev–Trinajstić information content (AvgIpc) is 1.90. The van der Waals surface area contributed by atoms with Crippen molar-refractivity contribution in [2.24, 2.45) is 0 Å². The zero-order valence-electron chi connectivity index (χ0n) is 5.25. The first-order valence-electron chi connectivity index (χ1n) is 3.20. The third-order valence-corrected chi connectivity index (χ3v) is 2.43. The summed E-state index contributed by atoms with van der Waals surface area (Å²) < 4.78 is 22.1. The van der Waals surface area contributed by atoms with Crippen molar-refractivity contribution in [1.29, 1.82) is 0 Å². The number of rotatable bonds is 1. The smallest absolute Gasteiger partial charge is 0.203 e. The van der Waals surface area contributed by atoms with Crippen molar-refractivity contribution in [2.75, 3.05) is 13.1 Å². The summed E-state index contributed by atoms with van der Waals surface area (Å²) in [6.07, 6.45) is 3.24. The van der Waals surface area contributed by atoms with Gasteiger partial charge >= 0.3 is 0 Å². The summed E-state index contributed by atoms with van der Waals surface area (Å²) in [4.78, 5) is 0. The molecule has 3 nitrogen and oxygen atoms in total. The van der Waals surface area contributed by atoms with Gasteiger partial charge in [0.05, 0.1) is 0 Å². The number of hydrogen-bond acceptors (Lipinski definition) is 2. The maximum absolute atomic E-state index is 10.3. The van der Waals surface area contributed by atoms with E-state index in [-0.39, 0.29) is 0 Å². The molecule has 1 heterocycles. The van der Waals surface area contributed by atoms with Crippen LogP contribution in [0.3, 0.4) is 0 Å². The molecule has 0 spiro atoms. The summed E-state index contributed by atoms with van der Waals surface area (Å²) in [6.45, 7) is 1.47. The molecule has 0 aromatic heterocycles. The molecule has 0 saturated carbocycles. The lowest BCUT2D eigenvalue weighted by Gasteiger charge is -2.19. The van der Waals surface area contributed by atoms with E-state index in [4.69, 9.17) is 0 Å². The van der Waals surface area contributed by atoms with Gasteiger partial charge in [-0.1, -0.05) is 6.42 Å². The third-order valence-electron chi connectivity index (χ3n) is 1.56. The van der Waals surface area contributed by atoms with E-state index in [1.54, 1.807) is 0 Å². The number of thiol groups is 1. The Labute approximate surface area is 56.7 Å². The van der Waals surface area contributed by atoms with Crippen molar-refractivity contribution < 1.29 is 8.42 Å². The molecule has 54 valence electrons. The predicted molar refractivity (Wildman–Crippen MR) is 35.7 cm³/mol. The van der Waals surface area contributed by atoms with Gasteiger partial charge in [0.25, 0.3) is 0 Å². The molecule has 4 heteroatoms. The molecule has 9 heavy (non-hydrogen) atoms. The molecular formula is C5H11NO2S. The van der Waals surface area contributed by atoms with Gasteiger partial charge in [0, 0.05) is 13.1 Å². The summed E-state index contributed by atoms with van der Waals surface area (Å²) in [5, 5.41) is 0. The lowest BCUT2D eigenvalue weighted by Crippen LogP contribution is -2.27. The Morgan fingerprint density at radius 3 is 1.89 bits per heavy atom. The Morgan fingerprint density at radius 1 is 1.00 bits per heavy atom. The average molecular weight is 149 g/mol. The molecule has 0 radical (unpaired) electrons. The van der Waals surface area contributed by atoms with Crippen LogP contribution < -0.4 is 0 Å². The fourth-order valence-corrected chi connectivity index (χ4v) is 1.65. The number of piperidine rings is 1. The van der Waals surface area contributed by atoms with Crippen LogP contribution in [-0.4, -0.2) is 25.8 Å². The fourth-order valence-electron chi connectivity index (χ4n) is 1.04. The molecule has 0 bridgehead atoms. The normalized spacial score (nSPS) is 22.8. The summed E-state index contributed by atoms with van der Waals surface area (Å²) >= 11 is 0. The van der Waals surface area contributed by atoms with Gasteiger partial charge in [-0.05, 0) is 12.8 Å². The van der Waals surface area contributed by atoms with Gasteiger partial charge in [0.1, 0.15) is 0 Å². The van der Waals surface area contributed by atoms with Crippen LogP contribution in [0.15, 0.2) is 0 Å².